The Labute approximate surface area is 266 Å². The molecule has 0 radical (unpaired) electrons. The number of pyridine rings is 2. The Balaban J connectivity index is 0.000000214. The van der Waals surface area contributed by atoms with Gasteiger partial charge in [-0.25, -0.2) is 4.99 Å². The van der Waals surface area contributed by atoms with Crippen LogP contribution in [0.25, 0.3) is 17.2 Å². The number of aliphatic imine (C=N–C) groups is 2. The fraction of sp³-hybridized carbons (Fsp3) is 0.0952. The number of rotatable bonds is 4. The van der Waals surface area contributed by atoms with Crippen LogP contribution in [0.4, 0.5) is 0 Å². The lowest BCUT2D eigenvalue weighted by atomic mass is 10.2. The van der Waals surface area contributed by atoms with Crippen molar-refractivity contribution in [2.24, 2.45) is 15.7 Å². The van der Waals surface area contributed by atoms with E-state index in [1.165, 1.54) is 10.6 Å². The van der Waals surface area contributed by atoms with Gasteiger partial charge in [-0.1, -0.05) is 23.2 Å². The third kappa shape index (κ3) is 13.9. The average Bonchev–Trinajstić information content (AvgIpc) is 3.51. The van der Waals surface area contributed by atoms with E-state index in [2.05, 4.69) is 68.7 Å². The Morgan fingerprint density at radius 2 is 1.41 bits per heavy atom. The lowest BCUT2D eigenvalue weighted by molar-refractivity contribution is -0.118. The third-order valence-electron chi connectivity index (χ3n) is 4.03. The van der Waals surface area contributed by atoms with Crippen LogP contribution in [0.2, 0.25) is 10.3 Å². The molecule has 0 aromatic carbocycles. The van der Waals surface area contributed by atoms with Gasteiger partial charge in [0.05, 0.1) is 13.0 Å². The van der Waals surface area contributed by atoms with Crippen LogP contribution in [-0.2, 0) is 14.2 Å². The first-order valence-electron chi connectivity index (χ1n) is 10.6. The molecule has 12 nitrogen and oxygen atoms in total. The summed E-state index contributed by atoms with van der Waals surface area (Å²) in [4.78, 5) is 43.8. The zero-order chi connectivity index (χ0) is 30.6. The van der Waals surface area contributed by atoms with Gasteiger partial charge in [-0.2, -0.15) is 14.5 Å². The molecule has 0 aliphatic carbocycles. The summed E-state index contributed by atoms with van der Waals surface area (Å²) in [5, 5.41) is 0.238. The topological polar surface area (TPSA) is 171 Å². The van der Waals surface area contributed by atoms with E-state index in [4.69, 9.17) is 52.1 Å². The largest absolute Gasteiger partial charge is 0.386 e. The summed E-state index contributed by atoms with van der Waals surface area (Å²) < 4.78 is 10.9. The number of halogens is 7. The highest BCUT2D eigenvalue weighted by Gasteiger charge is 2.11. The normalized spacial score (nSPS) is 12.0. The summed E-state index contributed by atoms with van der Waals surface area (Å²) in [6.45, 7) is 0.512. The highest BCUT2D eigenvalue weighted by atomic mass is 36.0. The second kappa shape index (κ2) is 16.9. The maximum Gasteiger partial charge on any atom is 0.339 e. The number of amidine groups is 2. The molecule has 0 saturated heterocycles. The predicted octanol–water partition coefficient (Wildman–Crippen LogP) is 6.41. The van der Waals surface area contributed by atoms with Crippen LogP contribution in [-0.4, -0.2) is 58.3 Å². The number of nitrogens with zero attached hydrogens (tertiary/aromatic N) is 8. The van der Waals surface area contributed by atoms with Gasteiger partial charge in [-0.05, 0) is 81.2 Å². The maximum atomic E-state index is 9.71. The van der Waals surface area contributed by atoms with Gasteiger partial charge in [-0.15, -0.1) is 5.10 Å². The number of carbonyl (C=O) groups is 2. The molecule has 20 heteroatoms. The summed E-state index contributed by atoms with van der Waals surface area (Å²) in [5.41, 5.74) is 7.29. The van der Waals surface area contributed by atoms with E-state index < -0.39 is 15.7 Å². The molecule has 2 N–H and O–H groups in total. The Morgan fingerprint density at radius 1 is 0.902 bits per heavy atom. The number of fused-ring (bicyclic) bond motifs is 1. The van der Waals surface area contributed by atoms with Crippen LogP contribution < -0.4 is 5.73 Å². The van der Waals surface area contributed by atoms with Gasteiger partial charge in [0.25, 0.3) is 5.78 Å². The van der Waals surface area contributed by atoms with Crippen LogP contribution >= 0.6 is 85.3 Å². The molecule has 0 amide bonds. The monoisotopic (exact) mass is 717 g/mol. The lowest BCUT2D eigenvalue weighted by Crippen LogP contribution is -2.11. The maximum absolute atomic E-state index is 9.71. The molecule has 5 heterocycles. The van der Waals surface area contributed by atoms with Gasteiger partial charge in [0.2, 0.25) is 10.5 Å². The minimum absolute atomic E-state index is 0.288. The van der Waals surface area contributed by atoms with Crippen LogP contribution in [0.3, 0.4) is 0 Å². The molecule has 0 saturated carbocycles. The van der Waals surface area contributed by atoms with E-state index in [-0.39, 0.29) is 11.6 Å². The molecule has 0 fully saturated rings. The second-order valence-corrected chi connectivity index (χ2v) is 15.3. The van der Waals surface area contributed by atoms with E-state index in [1.54, 1.807) is 24.8 Å². The minimum Gasteiger partial charge on any atom is -0.386 e. The number of aromatic nitrogens is 6. The van der Waals surface area contributed by atoms with E-state index in [9.17, 15) is 14.2 Å². The molecule has 1 aliphatic heterocycles. The standard InChI is InChI=1S/C10H5Cl2N5.C8H8N4.C3H2Cl2O2.Cl3OP/c11-7-5-8(12)17-10(14-7)15-9(16-17)6-1-3-13-4-2-6;9-7-5-11-8(12-7)6-1-3-10-4-2-6;4-2(6)1-3(5)7;1-5(2,3)4/h1-5H;1-4H,5H2,(H2,9,11,12);1H2;. The van der Waals surface area contributed by atoms with Crippen molar-refractivity contribution in [1.29, 1.82) is 0 Å². The Hall–Kier alpha value is -2.41. The first kappa shape index (κ1) is 34.8. The van der Waals surface area contributed by atoms with Crippen LogP contribution in [0, 0.1) is 0 Å². The Kier molecular flexibility index (Phi) is 14.3. The molecule has 0 bridgehead atoms. The molecule has 1 aliphatic rings. The van der Waals surface area contributed by atoms with Gasteiger partial charge in [0, 0.05) is 42.0 Å². The van der Waals surface area contributed by atoms with Gasteiger partial charge in [0.1, 0.15) is 16.1 Å². The van der Waals surface area contributed by atoms with E-state index in [0.717, 1.165) is 11.1 Å². The highest BCUT2D eigenvalue weighted by molar-refractivity contribution is 8.24. The van der Waals surface area contributed by atoms with Crippen molar-refractivity contribution < 1.29 is 14.2 Å². The van der Waals surface area contributed by atoms with Gasteiger partial charge in [-0.3, -0.25) is 29.1 Å². The van der Waals surface area contributed by atoms with Crippen molar-refractivity contribution >= 4 is 113 Å². The molecule has 4 aromatic rings. The fourth-order valence-corrected chi connectivity index (χ4v) is 3.32. The van der Waals surface area contributed by atoms with Crippen molar-refractivity contribution in [2.45, 2.75) is 6.42 Å². The molecule has 216 valence electrons. The zero-order valence-electron chi connectivity index (χ0n) is 20.1. The SMILES string of the molecule is Clc1cc(Cl)n2nc(-c3ccncc3)nc2n1.NC1=NC(c2ccncc2)=NC1.O=C(Cl)CC(=O)Cl.O=P(Cl)(Cl)Cl. The number of nitrogens with two attached hydrogens (primary N) is 1. The molecule has 0 atom stereocenters. The highest BCUT2D eigenvalue weighted by Crippen LogP contribution is 2.61. The van der Waals surface area contributed by atoms with Crippen molar-refractivity contribution in [3.8, 4) is 11.4 Å². The lowest BCUT2D eigenvalue weighted by Gasteiger charge is -1.94. The van der Waals surface area contributed by atoms with E-state index in [0.29, 0.717) is 35.0 Å². The molecule has 41 heavy (non-hydrogen) atoms. The molecular formula is C21H15Cl7N9O3P. The van der Waals surface area contributed by atoms with Gasteiger partial charge in [0.15, 0.2) is 11.7 Å². The number of hydrogen-bond acceptors (Lipinski definition) is 11. The summed E-state index contributed by atoms with van der Waals surface area (Å²) in [7, 11) is 0. The van der Waals surface area contributed by atoms with Crippen molar-refractivity contribution in [3.63, 3.8) is 0 Å². The van der Waals surface area contributed by atoms with Crippen LogP contribution in [0.5, 0.6) is 0 Å². The van der Waals surface area contributed by atoms with Crippen LogP contribution in [0.15, 0.2) is 65.1 Å². The zero-order valence-corrected chi connectivity index (χ0v) is 26.3. The van der Waals surface area contributed by atoms with E-state index >= 15 is 0 Å². The molecular weight excluding hydrogens is 705 g/mol. The molecule has 5 rings (SSSR count). The number of carbonyl (C=O) groups excluding carboxylic acids is 2. The quantitative estimate of drug-likeness (QED) is 0.108. The van der Waals surface area contributed by atoms with Crippen molar-refractivity contribution in [2.75, 3.05) is 6.54 Å². The summed E-state index contributed by atoms with van der Waals surface area (Å²) in [6, 6.07) is 8.86. The number of hydrogen-bond donors (Lipinski definition) is 1. The summed E-state index contributed by atoms with van der Waals surface area (Å²) in [6.07, 6.45) is 6.37. The molecule has 0 spiro atoms. The molecule has 0 unspecified atom stereocenters. The fourth-order valence-electron chi connectivity index (χ4n) is 2.56. The average molecular weight is 721 g/mol. The third-order valence-corrected chi connectivity index (χ3v) is 4.76. The van der Waals surface area contributed by atoms with Gasteiger partial charge >= 0.3 is 5.20 Å². The first-order chi connectivity index (χ1) is 19.2. The smallest absolute Gasteiger partial charge is 0.339 e. The Morgan fingerprint density at radius 3 is 1.85 bits per heavy atom. The van der Waals surface area contributed by atoms with Crippen molar-refractivity contribution in [3.05, 3.63) is 71.0 Å². The predicted molar refractivity (Wildman–Crippen MR) is 163 cm³/mol. The minimum atomic E-state index is -3.22. The summed E-state index contributed by atoms with van der Waals surface area (Å²) in [5.74, 6) is 2.18. The Bertz CT molecular complexity index is 1580. The summed E-state index contributed by atoms with van der Waals surface area (Å²) >= 11 is 35.1. The first-order valence-corrected chi connectivity index (χ1v) is 16.5. The van der Waals surface area contributed by atoms with Crippen LogP contribution in [0.1, 0.15) is 12.0 Å². The van der Waals surface area contributed by atoms with Crippen molar-refractivity contribution in [1.82, 2.24) is 29.5 Å². The van der Waals surface area contributed by atoms with Gasteiger partial charge < -0.3 is 5.73 Å². The van der Waals surface area contributed by atoms with E-state index in [1.807, 2.05) is 24.3 Å². The molecule has 4 aromatic heterocycles. The second-order valence-electron chi connectivity index (χ2n) is 7.05.